The maximum Gasteiger partial charge on any atom is 0.0833 e. The quantitative estimate of drug-likeness (QED) is 0.888. The minimum atomic E-state index is -0.563. The van der Waals surface area contributed by atoms with Gasteiger partial charge in [-0.2, -0.15) is 0 Å². The molecular formula is C17H24O3. The third-order valence-electron chi connectivity index (χ3n) is 5.22. The van der Waals surface area contributed by atoms with Crippen molar-refractivity contribution < 1.29 is 14.9 Å². The Kier molecular flexibility index (Phi) is 4.11. The molecule has 2 fully saturated rings. The molecule has 0 unspecified atom stereocenters. The predicted octanol–water partition coefficient (Wildman–Crippen LogP) is 2.51. The monoisotopic (exact) mass is 276 g/mol. The highest BCUT2D eigenvalue weighted by Gasteiger charge is 2.51. The van der Waals surface area contributed by atoms with Gasteiger partial charge in [0, 0.05) is 0 Å². The van der Waals surface area contributed by atoms with Gasteiger partial charge in [-0.25, -0.2) is 0 Å². The summed E-state index contributed by atoms with van der Waals surface area (Å²) in [5.74, 6) is 0.210. The topological polar surface area (TPSA) is 49.7 Å². The standard InChI is InChI=1S/C17H24O3/c18-15-8-10-17(9-4-7-14(17)16(15)19)12-20-11-13-5-2-1-3-6-13/h1-3,5-6,14-16,18-19H,4,7-12H2/t14-,15+,16-,17+/m0/s1. The smallest absolute Gasteiger partial charge is 0.0833 e. The molecule has 3 rings (SSSR count). The van der Waals surface area contributed by atoms with Crippen molar-refractivity contribution in [3.05, 3.63) is 35.9 Å². The Bertz CT molecular complexity index is 433. The molecule has 1 aromatic carbocycles. The molecule has 2 aliphatic carbocycles. The number of aliphatic hydroxyl groups is 2. The lowest BCUT2D eigenvalue weighted by molar-refractivity contribution is -0.116. The molecule has 20 heavy (non-hydrogen) atoms. The van der Waals surface area contributed by atoms with Crippen LogP contribution in [0.1, 0.15) is 37.7 Å². The molecule has 0 amide bonds. The Labute approximate surface area is 120 Å². The van der Waals surface area contributed by atoms with Crippen LogP contribution >= 0.6 is 0 Å². The molecule has 4 atom stereocenters. The van der Waals surface area contributed by atoms with Gasteiger partial charge in [-0.1, -0.05) is 36.8 Å². The number of rotatable bonds is 4. The largest absolute Gasteiger partial charge is 0.390 e. The van der Waals surface area contributed by atoms with Crippen molar-refractivity contribution in [2.24, 2.45) is 11.3 Å². The van der Waals surface area contributed by atoms with Crippen LogP contribution in [0.25, 0.3) is 0 Å². The molecule has 0 bridgehead atoms. The van der Waals surface area contributed by atoms with Gasteiger partial charge in [0.2, 0.25) is 0 Å². The van der Waals surface area contributed by atoms with Gasteiger partial charge in [0.1, 0.15) is 0 Å². The van der Waals surface area contributed by atoms with E-state index in [2.05, 4.69) is 12.1 Å². The van der Waals surface area contributed by atoms with Crippen LogP contribution in [0.4, 0.5) is 0 Å². The summed E-state index contributed by atoms with van der Waals surface area (Å²) in [4.78, 5) is 0. The van der Waals surface area contributed by atoms with Crippen LogP contribution in [-0.2, 0) is 11.3 Å². The fourth-order valence-electron chi connectivity index (χ4n) is 4.08. The van der Waals surface area contributed by atoms with Gasteiger partial charge in [-0.3, -0.25) is 0 Å². The maximum atomic E-state index is 10.2. The van der Waals surface area contributed by atoms with E-state index in [1.807, 2.05) is 18.2 Å². The van der Waals surface area contributed by atoms with Gasteiger partial charge in [0.05, 0.1) is 25.4 Å². The Morgan fingerprint density at radius 2 is 1.90 bits per heavy atom. The second kappa shape index (κ2) is 5.84. The fraction of sp³-hybridized carbons (Fsp3) is 0.647. The van der Waals surface area contributed by atoms with Gasteiger partial charge < -0.3 is 14.9 Å². The van der Waals surface area contributed by atoms with E-state index in [9.17, 15) is 10.2 Å². The van der Waals surface area contributed by atoms with Crippen molar-refractivity contribution >= 4 is 0 Å². The Morgan fingerprint density at radius 3 is 2.70 bits per heavy atom. The number of hydrogen-bond donors (Lipinski definition) is 2. The number of fused-ring (bicyclic) bond motifs is 1. The lowest BCUT2D eigenvalue weighted by atomic mass is 9.66. The number of aliphatic hydroxyl groups excluding tert-OH is 2. The summed E-state index contributed by atoms with van der Waals surface area (Å²) in [6, 6.07) is 10.2. The number of hydrogen-bond acceptors (Lipinski definition) is 3. The van der Waals surface area contributed by atoms with E-state index in [1.165, 1.54) is 5.56 Å². The van der Waals surface area contributed by atoms with Crippen molar-refractivity contribution in [3.8, 4) is 0 Å². The Balaban J connectivity index is 1.61. The van der Waals surface area contributed by atoms with E-state index in [-0.39, 0.29) is 11.3 Å². The van der Waals surface area contributed by atoms with Crippen molar-refractivity contribution in [3.63, 3.8) is 0 Å². The molecule has 2 N–H and O–H groups in total. The first-order valence-corrected chi connectivity index (χ1v) is 7.69. The molecule has 0 radical (unpaired) electrons. The van der Waals surface area contributed by atoms with E-state index >= 15 is 0 Å². The molecule has 3 nitrogen and oxygen atoms in total. The number of benzene rings is 1. The van der Waals surface area contributed by atoms with Crippen molar-refractivity contribution in [2.75, 3.05) is 6.61 Å². The van der Waals surface area contributed by atoms with E-state index in [0.717, 1.165) is 25.7 Å². The zero-order chi connectivity index (χ0) is 14.0. The van der Waals surface area contributed by atoms with Crippen molar-refractivity contribution in [1.82, 2.24) is 0 Å². The van der Waals surface area contributed by atoms with Crippen LogP contribution in [0.15, 0.2) is 30.3 Å². The van der Waals surface area contributed by atoms with Crippen molar-refractivity contribution in [1.29, 1.82) is 0 Å². The first-order chi connectivity index (χ1) is 9.71. The summed E-state index contributed by atoms with van der Waals surface area (Å²) in [5.41, 5.74) is 1.28. The summed E-state index contributed by atoms with van der Waals surface area (Å²) in [6.45, 7) is 1.34. The van der Waals surface area contributed by atoms with E-state index < -0.39 is 12.2 Å². The molecule has 0 heterocycles. The molecule has 110 valence electrons. The maximum absolute atomic E-state index is 10.2. The molecular weight excluding hydrogens is 252 g/mol. The normalized spacial score (nSPS) is 36.8. The van der Waals surface area contributed by atoms with Gasteiger partial charge in [0.15, 0.2) is 0 Å². The SMILES string of the molecule is O[C@@H]1[C@H](O)CC[C@@]2(COCc3ccccc3)CCC[C@@H]12. The van der Waals surface area contributed by atoms with Crippen molar-refractivity contribution in [2.45, 2.75) is 50.9 Å². The Hall–Kier alpha value is -0.900. The fourth-order valence-corrected chi connectivity index (χ4v) is 4.08. The van der Waals surface area contributed by atoms with Crippen LogP contribution < -0.4 is 0 Å². The molecule has 1 aromatic rings. The minimum absolute atomic E-state index is 0.0907. The third kappa shape index (κ3) is 2.62. The summed E-state index contributed by atoms with van der Waals surface area (Å²) in [7, 11) is 0. The average molecular weight is 276 g/mol. The lowest BCUT2D eigenvalue weighted by Gasteiger charge is -2.44. The van der Waals surface area contributed by atoms with E-state index in [4.69, 9.17) is 4.74 Å². The summed E-state index contributed by atoms with van der Waals surface area (Å²) in [6.07, 6.45) is 3.86. The summed E-state index contributed by atoms with van der Waals surface area (Å²) < 4.78 is 5.95. The van der Waals surface area contributed by atoms with Gasteiger partial charge in [-0.05, 0) is 42.6 Å². The van der Waals surface area contributed by atoms with Gasteiger partial charge in [-0.15, -0.1) is 0 Å². The van der Waals surface area contributed by atoms with Crippen LogP contribution in [0, 0.1) is 11.3 Å². The van der Waals surface area contributed by atoms with Crippen LogP contribution in [-0.4, -0.2) is 29.0 Å². The predicted molar refractivity (Wildman–Crippen MR) is 77.1 cm³/mol. The Morgan fingerprint density at radius 1 is 1.10 bits per heavy atom. The highest BCUT2D eigenvalue weighted by molar-refractivity contribution is 5.13. The van der Waals surface area contributed by atoms with Gasteiger partial charge in [0.25, 0.3) is 0 Å². The molecule has 3 heteroatoms. The van der Waals surface area contributed by atoms with Crippen LogP contribution in [0.5, 0.6) is 0 Å². The average Bonchev–Trinajstić information content (AvgIpc) is 2.89. The lowest BCUT2D eigenvalue weighted by Crippen LogP contribution is -2.48. The number of ether oxygens (including phenoxy) is 1. The molecule has 0 spiro atoms. The zero-order valence-corrected chi connectivity index (χ0v) is 11.9. The zero-order valence-electron chi connectivity index (χ0n) is 11.9. The molecule has 2 aliphatic rings. The molecule has 0 aromatic heterocycles. The molecule has 0 aliphatic heterocycles. The van der Waals surface area contributed by atoms with Crippen LogP contribution in [0.3, 0.4) is 0 Å². The van der Waals surface area contributed by atoms with Crippen LogP contribution in [0.2, 0.25) is 0 Å². The van der Waals surface area contributed by atoms with Gasteiger partial charge >= 0.3 is 0 Å². The first kappa shape index (κ1) is 14.1. The minimum Gasteiger partial charge on any atom is -0.390 e. The summed E-state index contributed by atoms with van der Waals surface area (Å²) >= 11 is 0. The second-order valence-electron chi connectivity index (χ2n) is 6.44. The highest BCUT2D eigenvalue weighted by atomic mass is 16.5. The summed E-state index contributed by atoms with van der Waals surface area (Å²) in [5, 5.41) is 20.1. The van der Waals surface area contributed by atoms with E-state index in [1.54, 1.807) is 0 Å². The molecule has 0 saturated heterocycles. The van der Waals surface area contributed by atoms with E-state index in [0.29, 0.717) is 19.6 Å². The highest BCUT2D eigenvalue weighted by Crippen LogP contribution is 2.52. The third-order valence-corrected chi connectivity index (χ3v) is 5.22. The molecule has 2 saturated carbocycles. The first-order valence-electron chi connectivity index (χ1n) is 7.69. The second-order valence-corrected chi connectivity index (χ2v) is 6.44.